The van der Waals surface area contributed by atoms with Crippen molar-refractivity contribution in [2.45, 2.75) is 32.1 Å². The molecule has 25 heavy (non-hydrogen) atoms. The third-order valence-corrected chi connectivity index (χ3v) is 5.72. The number of amides is 1. The van der Waals surface area contributed by atoms with Crippen LogP contribution in [0, 0.1) is 0 Å². The normalized spacial score (nSPS) is 20.3. The molecule has 0 aromatic heterocycles. The van der Waals surface area contributed by atoms with Gasteiger partial charge in [-0.1, -0.05) is 23.7 Å². The van der Waals surface area contributed by atoms with Gasteiger partial charge in [0.05, 0.1) is 6.42 Å². The third-order valence-electron chi connectivity index (χ3n) is 5.49. The molecule has 1 aromatic rings. The van der Waals surface area contributed by atoms with Gasteiger partial charge in [0, 0.05) is 36.5 Å². The minimum atomic E-state index is -0.808. The average Bonchev–Trinajstić information content (AvgIpc) is 2.80. The first-order valence-corrected chi connectivity index (χ1v) is 9.25. The minimum Gasteiger partial charge on any atom is -0.465 e. The Bertz CT molecular complexity index is 813. The minimum absolute atomic E-state index is 0.597. The summed E-state index contributed by atoms with van der Waals surface area (Å²) < 4.78 is 2.44. The van der Waals surface area contributed by atoms with Crippen LogP contribution in [0.15, 0.2) is 41.6 Å². The summed E-state index contributed by atoms with van der Waals surface area (Å²) in [5, 5.41) is 9.97. The molecular weight excluding hydrogens is 336 g/mol. The van der Waals surface area contributed by atoms with E-state index in [1.807, 2.05) is 6.07 Å². The smallest absolute Gasteiger partial charge is 0.407 e. The van der Waals surface area contributed by atoms with Gasteiger partial charge in [-0.15, -0.1) is 0 Å². The van der Waals surface area contributed by atoms with Crippen molar-refractivity contribution in [3.8, 4) is 0 Å². The van der Waals surface area contributed by atoms with Gasteiger partial charge in [-0.3, -0.25) is 0 Å². The molecule has 0 saturated carbocycles. The number of piperidine rings is 1. The van der Waals surface area contributed by atoms with E-state index in [1.54, 1.807) is 0 Å². The monoisotopic (exact) mass is 357 g/mol. The first-order valence-electron chi connectivity index (χ1n) is 8.88. The summed E-state index contributed by atoms with van der Waals surface area (Å²) in [6, 6.07) is 6.23. The van der Waals surface area contributed by atoms with Crippen molar-refractivity contribution in [3.63, 3.8) is 0 Å². The number of hydrogen-bond donors (Lipinski definition) is 1. The van der Waals surface area contributed by atoms with Gasteiger partial charge in [-0.2, -0.15) is 4.58 Å². The predicted octanol–water partition coefficient (Wildman–Crippen LogP) is 3.88. The van der Waals surface area contributed by atoms with Crippen LogP contribution in [0.2, 0.25) is 5.02 Å². The van der Waals surface area contributed by atoms with Crippen molar-refractivity contribution >= 4 is 23.4 Å². The van der Waals surface area contributed by atoms with Gasteiger partial charge in [-0.05, 0) is 42.2 Å². The maximum absolute atomic E-state index is 11.1. The van der Waals surface area contributed by atoms with Gasteiger partial charge < -0.3 is 10.0 Å². The lowest BCUT2D eigenvalue weighted by atomic mass is 10.0. The van der Waals surface area contributed by atoms with Gasteiger partial charge in [0.15, 0.2) is 18.0 Å². The van der Waals surface area contributed by atoms with Gasteiger partial charge in [0.2, 0.25) is 0 Å². The number of carbonyl (C=O) groups is 1. The lowest BCUT2D eigenvalue weighted by molar-refractivity contribution is -0.473. The van der Waals surface area contributed by atoms with Gasteiger partial charge in [-0.25, -0.2) is 4.79 Å². The Morgan fingerprint density at radius 1 is 1.12 bits per heavy atom. The van der Waals surface area contributed by atoms with Crippen LogP contribution in [-0.4, -0.2) is 46.0 Å². The predicted molar refractivity (Wildman–Crippen MR) is 98.6 cm³/mol. The Morgan fingerprint density at radius 3 is 2.68 bits per heavy atom. The van der Waals surface area contributed by atoms with Crippen molar-refractivity contribution < 1.29 is 14.5 Å². The zero-order chi connectivity index (χ0) is 17.4. The molecular formula is C20H22ClN2O2+. The Balaban J connectivity index is 1.66. The summed E-state index contributed by atoms with van der Waals surface area (Å²) in [4.78, 5) is 12.7. The Morgan fingerprint density at radius 2 is 1.92 bits per heavy atom. The Hall–Kier alpha value is -2.07. The topological polar surface area (TPSA) is 43.5 Å². The molecule has 0 atom stereocenters. The maximum Gasteiger partial charge on any atom is 0.407 e. The number of rotatable bonds is 0. The first-order chi connectivity index (χ1) is 12.1. The highest BCUT2D eigenvalue weighted by Crippen LogP contribution is 2.30. The number of benzene rings is 1. The van der Waals surface area contributed by atoms with Crippen LogP contribution in [0.3, 0.4) is 0 Å². The summed E-state index contributed by atoms with van der Waals surface area (Å²) in [7, 11) is 0. The van der Waals surface area contributed by atoms with Gasteiger partial charge in [0.1, 0.15) is 0 Å². The highest BCUT2D eigenvalue weighted by molar-refractivity contribution is 6.30. The summed E-state index contributed by atoms with van der Waals surface area (Å²) in [6.45, 7) is 2.09. The largest absolute Gasteiger partial charge is 0.465 e. The number of allylic oxidation sites excluding steroid dienone is 3. The van der Waals surface area contributed by atoms with Crippen LogP contribution in [0.4, 0.5) is 4.79 Å². The highest BCUT2D eigenvalue weighted by Gasteiger charge is 2.31. The molecule has 3 aliphatic rings. The molecule has 1 aliphatic carbocycles. The van der Waals surface area contributed by atoms with Crippen molar-refractivity contribution in [1.82, 2.24) is 4.90 Å². The molecule has 130 valence electrons. The molecule has 1 N–H and O–H groups in total. The van der Waals surface area contributed by atoms with E-state index < -0.39 is 6.09 Å². The van der Waals surface area contributed by atoms with E-state index in [2.05, 4.69) is 28.9 Å². The fourth-order valence-corrected chi connectivity index (χ4v) is 4.31. The molecule has 4 rings (SSSR count). The van der Waals surface area contributed by atoms with Crippen molar-refractivity contribution in [2.75, 3.05) is 19.6 Å². The fraction of sp³-hybridized carbons (Fsp3) is 0.400. The average molecular weight is 358 g/mol. The number of halogens is 1. The maximum atomic E-state index is 11.1. The number of fused-ring (bicyclic) bond motifs is 1. The second-order valence-electron chi connectivity index (χ2n) is 6.91. The number of likely N-dealkylation sites (tertiary alicyclic amines) is 1. The number of hydrogen-bond acceptors (Lipinski definition) is 1. The molecule has 4 nitrogen and oxygen atoms in total. The molecule has 1 amide bonds. The zero-order valence-corrected chi connectivity index (χ0v) is 14.9. The number of carboxylic acid groups (broad SMARTS) is 1. The molecule has 0 spiro atoms. The molecule has 0 bridgehead atoms. The fourth-order valence-electron chi connectivity index (χ4n) is 4.11. The van der Waals surface area contributed by atoms with Crippen LogP contribution in [0.25, 0.3) is 0 Å². The van der Waals surface area contributed by atoms with E-state index in [1.165, 1.54) is 33.0 Å². The summed E-state index contributed by atoms with van der Waals surface area (Å²) in [5.74, 6) is 0. The molecule has 1 fully saturated rings. The lowest BCUT2D eigenvalue weighted by Gasteiger charge is -2.25. The summed E-state index contributed by atoms with van der Waals surface area (Å²) >= 11 is 6.18. The van der Waals surface area contributed by atoms with Crippen LogP contribution in [0.5, 0.6) is 0 Å². The van der Waals surface area contributed by atoms with Crippen molar-refractivity contribution in [1.29, 1.82) is 0 Å². The van der Waals surface area contributed by atoms with E-state index in [4.69, 9.17) is 16.7 Å². The standard InChI is InChI=1S/C20H21ClN2O2/c21-17-6-5-16-13-19-14(3-4-15(16)12-17)2-1-9-23(19)18-7-10-22(11-8-18)20(24)25/h1-2,5-6,12H,3-4,7-11,13H2/p+1. The second kappa shape index (κ2) is 6.68. The summed E-state index contributed by atoms with van der Waals surface area (Å²) in [5.41, 5.74) is 6.88. The quantitative estimate of drug-likeness (QED) is 0.716. The van der Waals surface area contributed by atoms with Gasteiger partial charge >= 0.3 is 6.09 Å². The van der Waals surface area contributed by atoms with Crippen LogP contribution in [-0.2, 0) is 12.8 Å². The van der Waals surface area contributed by atoms with E-state index in [0.717, 1.165) is 43.7 Å². The van der Waals surface area contributed by atoms with Crippen LogP contribution < -0.4 is 0 Å². The Kier molecular flexibility index (Phi) is 4.38. The lowest BCUT2D eigenvalue weighted by Crippen LogP contribution is -2.40. The first kappa shape index (κ1) is 16.4. The SMILES string of the molecule is O=C(O)N1CCC(=[N+]2CC=CC3=C2Cc2ccc(Cl)cc2CC3)CC1. The molecule has 2 aliphatic heterocycles. The molecule has 2 heterocycles. The van der Waals surface area contributed by atoms with Crippen molar-refractivity contribution in [3.05, 3.63) is 57.8 Å². The zero-order valence-electron chi connectivity index (χ0n) is 14.2. The van der Waals surface area contributed by atoms with Crippen molar-refractivity contribution in [2.24, 2.45) is 0 Å². The summed E-state index contributed by atoms with van der Waals surface area (Å²) in [6.07, 6.45) is 8.33. The number of aryl methyl sites for hydroxylation is 1. The second-order valence-corrected chi connectivity index (χ2v) is 7.35. The van der Waals surface area contributed by atoms with E-state index in [-0.39, 0.29) is 0 Å². The third kappa shape index (κ3) is 3.23. The van der Waals surface area contributed by atoms with E-state index in [0.29, 0.717) is 13.1 Å². The molecule has 0 unspecified atom stereocenters. The van der Waals surface area contributed by atoms with Crippen LogP contribution >= 0.6 is 11.6 Å². The molecule has 1 saturated heterocycles. The molecule has 5 heteroatoms. The van der Waals surface area contributed by atoms with E-state index >= 15 is 0 Å². The highest BCUT2D eigenvalue weighted by atomic mass is 35.5. The van der Waals surface area contributed by atoms with Crippen LogP contribution in [0.1, 0.15) is 30.4 Å². The molecule has 1 aromatic carbocycles. The van der Waals surface area contributed by atoms with E-state index in [9.17, 15) is 4.79 Å². The number of nitrogens with zero attached hydrogens (tertiary/aromatic N) is 2. The molecule has 0 radical (unpaired) electrons. The Labute approximate surface area is 152 Å². The van der Waals surface area contributed by atoms with Gasteiger partial charge in [0.25, 0.3) is 0 Å².